The Morgan fingerprint density at radius 1 is 1.40 bits per heavy atom. The van der Waals surface area contributed by atoms with Crippen molar-refractivity contribution >= 4 is 12.1 Å². The van der Waals surface area contributed by atoms with Crippen LogP contribution in [0.25, 0.3) is 0 Å². The molecule has 76 valence electrons. The van der Waals surface area contributed by atoms with Crippen molar-refractivity contribution in [3.63, 3.8) is 0 Å². The molecule has 15 heavy (non-hydrogen) atoms. The summed E-state index contributed by atoms with van der Waals surface area (Å²) in [5.41, 5.74) is 0.845. The van der Waals surface area contributed by atoms with Crippen LogP contribution in [0.5, 0.6) is 0 Å². The number of ketones is 1. The molecule has 0 saturated heterocycles. The van der Waals surface area contributed by atoms with Gasteiger partial charge in [-0.05, 0) is 18.4 Å². The number of carbonyl (C=O) groups excluding carboxylic acids is 2. The number of aldehydes is 1. The average Bonchev–Trinajstić information content (AvgIpc) is 2.27. The van der Waals surface area contributed by atoms with E-state index in [-0.39, 0.29) is 12.2 Å². The van der Waals surface area contributed by atoms with E-state index in [1.54, 1.807) is 6.92 Å². The molecule has 0 aromatic heterocycles. The van der Waals surface area contributed by atoms with Gasteiger partial charge in [-0.2, -0.15) is 0 Å². The lowest BCUT2D eigenvalue weighted by molar-refractivity contribution is -0.117. The molecule has 0 spiro atoms. The first-order chi connectivity index (χ1) is 7.29. The molecule has 1 unspecified atom stereocenters. The van der Waals surface area contributed by atoms with E-state index >= 15 is 0 Å². The van der Waals surface area contributed by atoms with Crippen LogP contribution in [-0.2, 0) is 9.59 Å². The maximum Gasteiger partial charge on any atom is 0.213 e. The normalized spacial score (nSPS) is 11.0. The Bertz CT molecular complexity index is 396. The van der Waals surface area contributed by atoms with Gasteiger partial charge in [-0.25, -0.2) is 0 Å². The van der Waals surface area contributed by atoms with E-state index < -0.39 is 5.92 Å². The lowest BCUT2D eigenvalue weighted by Gasteiger charge is -2.09. The Morgan fingerprint density at radius 3 is 2.60 bits per heavy atom. The van der Waals surface area contributed by atoms with Gasteiger partial charge in [-0.3, -0.25) is 4.79 Å². The quantitative estimate of drug-likeness (QED) is 0.423. The van der Waals surface area contributed by atoms with Gasteiger partial charge in [-0.15, -0.1) is 0 Å². The van der Waals surface area contributed by atoms with Gasteiger partial charge in [0.2, 0.25) is 5.78 Å². The highest BCUT2D eigenvalue weighted by atomic mass is 16.1. The summed E-state index contributed by atoms with van der Waals surface area (Å²) in [7, 11) is 0. The van der Waals surface area contributed by atoms with Gasteiger partial charge in [0.25, 0.3) is 0 Å². The molecule has 0 saturated carbocycles. The van der Waals surface area contributed by atoms with Crippen molar-refractivity contribution in [2.45, 2.75) is 19.3 Å². The largest absolute Gasteiger partial charge is 0.303 e. The van der Waals surface area contributed by atoms with Crippen LogP contribution in [0.4, 0.5) is 0 Å². The standard InChI is InChI=1S/C13H12O2/c1-2-6-13(15)12(9-10-14)11-7-4-3-5-8-11/h3-5,7-8,10,12H,9H2,1H3. The van der Waals surface area contributed by atoms with Crippen LogP contribution >= 0.6 is 0 Å². The van der Waals surface area contributed by atoms with Crippen LogP contribution in [-0.4, -0.2) is 12.1 Å². The molecule has 2 heteroatoms. The van der Waals surface area contributed by atoms with Crippen molar-refractivity contribution in [1.82, 2.24) is 0 Å². The van der Waals surface area contributed by atoms with E-state index in [1.165, 1.54) is 0 Å². The predicted octanol–water partition coefficient (Wildman–Crippen LogP) is 1.95. The topological polar surface area (TPSA) is 34.1 Å². The third kappa shape index (κ3) is 3.07. The molecule has 0 radical (unpaired) electrons. The minimum absolute atomic E-state index is 0.192. The SMILES string of the molecule is CC#CC(=O)C(CC=O)c1ccccc1. The lowest BCUT2D eigenvalue weighted by atomic mass is 9.92. The number of hydrogen-bond acceptors (Lipinski definition) is 2. The molecule has 2 nitrogen and oxygen atoms in total. The molecule has 0 N–H and O–H groups in total. The fraction of sp³-hybridized carbons (Fsp3) is 0.231. The second kappa shape index (κ2) is 5.77. The summed E-state index contributed by atoms with van der Waals surface area (Å²) < 4.78 is 0. The first-order valence-corrected chi connectivity index (χ1v) is 4.74. The van der Waals surface area contributed by atoms with E-state index in [9.17, 15) is 9.59 Å². The highest BCUT2D eigenvalue weighted by Crippen LogP contribution is 2.19. The van der Waals surface area contributed by atoms with Crippen molar-refractivity contribution in [2.24, 2.45) is 0 Å². The Balaban J connectivity index is 2.96. The summed E-state index contributed by atoms with van der Waals surface area (Å²) in [6.45, 7) is 1.61. The Hall–Kier alpha value is -1.88. The Morgan fingerprint density at radius 2 is 2.07 bits per heavy atom. The lowest BCUT2D eigenvalue weighted by Crippen LogP contribution is -2.11. The fourth-order valence-electron chi connectivity index (χ4n) is 1.39. The molecule has 0 aliphatic heterocycles. The molecule has 0 aliphatic rings. The van der Waals surface area contributed by atoms with Crippen molar-refractivity contribution < 1.29 is 9.59 Å². The molecular weight excluding hydrogens is 188 g/mol. The zero-order valence-electron chi connectivity index (χ0n) is 8.57. The van der Waals surface area contributed by atoms with Gasteiger partial charge in [-0.1, -0.05) is 36.3 Å². The third-order valence-electron chi connectivity index (χ3n) is 2.10. The molecule has 0 fully saturated rings. The summed E-state index contributed by atoms with van der Waals surface area (Å²) in [6, 6.07) is 9.24. The van der Waals surface area contributed by atoms with Crippen LogP contribution in [0.15, 0.2) is 30.3 Å². The third-order valence-corrected chi connectivity index (χ3v) is 2.10. The highest BCUT2D eigenvalue weighted by molar-refractivity contribution is 6.01. The van der Waals surface area contributed by atoms with Gasteiger partial charge >= 0.3 is 0 Å². The summed E-state index contributed by atoms with van der Waals surface area (Å²) in [5.74, 6) is 4.42. The molecule has 0 bridgehead atoms. The number of carbonyl (C=O) groups is 2. The molecular formula is C13H12O2. The Labute approximate surface area is 89.3 Å². The molecule has 1 aromatic rings. The smallest absolute Gasteiger partial charge is 0.213 e. The van der Waals surface area contributed by atoms with Crippen molar-refractivity contribution in [3.8, 4) is 11.8 Å². The van der Waals surface area contributed by atoms with Gasteiger partial charge < -0.3 is 4.79 Å². The Kier molecular flexibility index (Phi) is 4.30. The number of rotatable bonds is 4. The molecule has 1 atom stereocenters. The van der Waals surface area contributed by atoms with Gasteiger partial charge in [0.15, 0.2) is 0 Å². The monoisotopic (exact) mass is 200 g/mol. The summed E-state index contributed by atoms with van der Waals surface area (Å²) in [6.07, 6.45) is 0.949. The second-order valence-electron chi connectivity index (χ2n) is 3.10. The maximum atomic E-state index is 11.6. The first kappa shape index (κ1) is 11.2. The fourth-order valence-corrected chi connectivity index (χ4v) is 1.39. The zero-order chi connectivity index (χ0) is 11.1. The van der Waals surface area contributed by atoms with E-state index in [0.717, 1.165) is 11.8 Å². The van der Waals surface area contributed by atoms with Gasteiger partial charge in [0.1, 0.15) is 6.29 Å². The van der Waals surface area contributed by atoms with Gasteiger partial charge in [0.05, 0.1) is 5.92 Å². The van der Waals surface area contributed by atoms with Crippen LogP contribution in [0.1, 0.15) is 24.8 Å². The van der Waals surface area contributed by atoms with E-state index in [4.69, 9.17) is 0 Å². The van der Waals surface area contributed by atoms with Crippen LogP contribution in [0.2, 0.25) is 0 Å². The van der Waals surface area contributed by atoms with E-state index in [1.807, 2.05) is 30.3 Å². The number of benzene rings is 1. The summed E-state index contributed by atoms with van der Waals surface area (Å²) >= 11 is 0. The van der Waals surface area contributed by atoms with E-state index in [0.29, 0.717) is 0 Å². The number of Topliss-reactive ketones (excluding diaryl/α,β-unsaturated/α-hetero) is 1. The number of hydrogen-bond donors (Lipinski definition) is 0. The summed E-state index contributed by atoms with van der Waals surface area (Å²) in [4.78, 5) is 22.1. The average molecular weight is 200 g/mol. The van der Waals surface area contributed by atoms with Crippen LogP contribution in [0, 0.1) is 11.8 Å². The zero-order valence-corrected chi connectivity index (χ0v) is 8.57. The van der Waals surface area contributed by atoms with Crippen molar-refractivity contribution in [1.29, 1.82) is 0 Å². The van der Waals surface area contributed by atoms with E-state index in [2.05, 4.69) is 11.8 Å². The minimum atomic E-state index is -0.420. The predicted molar refractivity (Wildman–Crippen MR) is 58.3 cm³/mol. The molecule has 0 amide bonds. The maximum absolute atomic E-state index is 11.6. The van der Waals surface area contributed by atoms with Crippen molar-refractivity contribution in [3.05, 3.63) is 35.9 Å². The van der Waals surface area contributed by atoms with Crippen LogP contribution < -0.4 is 0 Å². The second-order valence-corrected chi connectivity index (χ2v) is 3.10. The minimum Gasteiger partial charge on any atom is -0.303 e. The van der Waals surface area contributed by atoms with Crippen molar-refractivity contribution in [2.75, 3.05) is 0 Å². The molecule has 1 rings (SSSR count). The van der Waals surface area contributed by atoms with Gasteiger partial charge in [0, 0.05) is 6.42 Å². The summed E-state index contributed by atoms with van der Waals surface area (Å²) in [5, 5.41) is 0. The first-order valence-electron chi connectivity index (χ1n) is 4.74. The molecule has 1 aromatic carbocycles. The molecule has 0 heterocycles. The van der Waals surface area contributed by atoms with Crippen LogP contribution in [0.3, 0.4) is 0 Å². The highest BCUT2D eigenvalue weighted by Gasteiger charge is 2.17. The molecule has 0 aliphatic carbocycles.